The van der Waals surface area contributed by atoms with Crippen molar-refractivity contribution in [1.29, 1.82) is 0 Å². The fraction of sp³-hybridized carbons (Fsp3) is 0.469. The quantitative estimate of drug-likeness (QED) is 0.107. The van der Waals surface area contributed by atoms with Crippen LogP contribution < -0.4 is 10.2 Å². The molecule has 0 aliphatic carbocycles. The number of aliphatic carboxylic acids is 1. The fourth-order valence-corrected chi connectivity index (χ4v) is 5.49. The molecule has 4 N–H and O–H groups in total. The van der Waals surface area contributed by atoms with Crippen LogP contribution in [0, 0.1) is 5.92 Å². The molecule has 3 aromatic rings. The second kappa shape index (κ2) is 20.5. The summed E-state index contributed by atoms with van der Waals surface area (Å²) in [6.07, 6.45) is 0.0465. The van der Waals surface area contributed by atoms with Gasteiger partial charge in [-0.1, -0.05) is 50.1 Å². The van der Waals surface area contributed by atoms with Gasteiger partial charge in [0.1, 0.15) is 0 Å². The lowest BCUT2D eigenvalue weighted by Gasteiger charge is -2.39. The molecule has 0 radical (unpaired) electrons. The molecule has 9 nitrogen and oxygen atoms in total. The molecular formula is C32H41ClF6N4O5. The Morgan fingerprint density at radius 2 is 1.75 bits per heavy atom. The third-order valence-electron chi connectivity index (χ3n) is 7.19. The van der Waals surface area contributed by atoms with Crippen molar-refractivity contribution < 1.29 is 50.9 Å². The van der Waals surface area contributed by atoms with Gasteiger partial charge in [-0.2, -0.15) is 26.3 Å². The van der Waals surface area contributed by atoms with Gasteiger partial charge in [0.2, 0.25) is 5.91 Å². The van der Waals surface area contributed by atoms with Gasteiger partial charge >= 0.3 is 18.8 Å². The molecular weight excluding hydrogens is 670 g/mol. The molecule has 0 saturated heterocycles. The van der Waals surface area contributed by atoms with E-state index in [1.807, 2.05) is 29.2 Å². The summed E-state index contributed by atoms with van der Waals surface area (Å²) in [6.45, 7) is 2.90. The van der Waals surface area contributed by atoms with Gasteiger partial charge in [-0.05, 0) is 74.8 Å². The van der Waals surface area contributed by atoms with Crippen LogP contribution in [0.4, 0.5) is 32.0 Å². The maximum Gasteiger partial charge on any atom is 0.490 e. The number of aromatic amines is 1. The number of benzene rings is 2. The highest BCUT2D eigenvalue weighted by molar-refractivity contribution is 6.30. The van der Waals surface area contributed by atoms with Crippen molar-refractivity contribution in [3.8, 4) is 0 Å². The molecule has 0 saturated carbocycles. The molecule has 1 aromatic heterocycles. The van der Waals surface area contributed by atoms with E-state index >= 15 is 0 Å². The Morgan fingerprint density at radius 3 is 2.29 bits per heavy atom. The van der Waals surface area contributed by atoms with Crippen molar-refractivity contribution >= 4 is 46.5 Å². The molecule has 1 aliphatic heterocycles. The summed E-state index contributed by atoms with van der Waals surface area (Å²) in [4.78, 5) is 39.1. The number of rotatable bonds is 9. The number of nitrogens with one attached hydrogen (secondary N) is 2. The zero-order chi connectivity index (χ0) is 36.6. The number of H-pyrrole nitrogens is 1. The number of anilines is 1. The number of fused-ring (bicyclic) bond motifs is 2. The molecule has 2 unspecified atom stereocenters. The van der Waals surface area contributed by atoms with Gasteiger partial charge in [-0.25, -0.2) is 4.79 Å². The van der Waals surface area contributed by atoms with E-state index in [1.165, 1.54) is 10.9 Å². The Balaban J connectivity index is 0.000000696. The monoisotopic (exact) mass is 710 g/mol. The number of carboxylic acids is 1. The zero-order valence-electron chi connectivity index (χ0n) is 26.9. The average Bonchev–Trinajstić information content (AvgIpc) is 3.42. The van der Waals surface area contributed by atoms with Crippen molar-refractivity contribution in [2.75, 3.05) is 38.6 Å². The lowest BCUT2D eigenvalue weighted by atomic mass is 9.88. The van der Waals surface area contributed by atoms with Gasteiger partial charge in [-0.3, -0.25) is 9.59 Å². The molecule has 3 atom stereocenters. The van der Waals surface area contributed by atoms with Crippen LogP contribution >= 0.6 is 11.6 Å². The summed E-state index contributed by atoms with van der Waals surface area (Å²) in [7, 11) is 4.18. The zero-order valence-corrected chi connectivity index (χ0v) is 27.7. The summed E-state index contributed by atoms with van der Waals surface area (Å²) in [5, 5.41) is 19.5. The summed E-state index contributed by atoms with van der Waals surface area (Å²) >= 11 is 6.35. The molecule has 2 heterocycles. The van der Waals surface area contributed by atoms with E-state index in [2.05, 4.69) is 67.5 Å². The van der Waals surface area contributed by atoms with Crippen LogP contribution in [0.1, 0.15) is 43.7 Å². The topological polar surface area (TPSA) is 126 Å². The van der Waals surface area contributed by atoms with E-state index in [0.29, 0.717) is 5.92 Å². The Kier molecular flexibility index (Phi) is 18.0. The molecule has 16 heteroatoms. The summed E-state index contributed by atoms with van der Waals surface area (Å²) in [6, 6.07) is 13.9. The average molecular weight is 711 g/mol. The standard InChI is InChI=1S/C28H37ClN4O.C2HF3O2.CHF3.CH2O2/c1-5-6-13-30-27(19(2)24-16-31-25-10-8-7-9-23(24)25)28(34)33-18-20(17-32(3)4)14-21-15-22(29)11-12-26(21)33;3-2(4,5)1(6)7;2-1(3)4;2-1-3/h7-12,15-16,19-20,27,30-31H,5-6,13-14,17-18H2,1-4H3;(H,6,7);1H;1H,(H,2,3)/t19?,20-,27?;;;/m1.../s1. The van der Waals surface area contributed by atoms with Gasteiger partial charge in [0, 0.05) is 46.8 Å². The lowest BCUT2D eigenvalue weighted by molar-refractivity contribution is -0.192. The largest absolute Gasteiger partial charge is 0.490 e. The number of carbonyl (C=O) groups is 3. The lowest BCUT2D eigenvalue weighted by Crippen LogP contribution is -2.53. The van der Waals surface area contributed by atoms with E-state index in [9.17, 15) is 31.1 Å². The van der Waals surface area contributed by atoms with Crippen LogP contribution in [0.2, 0.25) is 5.02 Å². The van der Waals surface area contributed by atoms with Crippen LogP contribution in [0.25, 0.3) is 10.9 Å². The van der Waals surface area contributed by atoms with Crippen LogP contribution in [0.5, 0.6) is 0 Å². The Hall–Kier alpha value is -3.82. The number of nitrogens with zero attached hydrogens (tertiary/aromatic N) is 2. The molecule has 268 valence electrons. The van der Waals surface area contributed by atoms with Crippen molar-refractivity contribution in [3.63, 3.8) is 0 Å². The van der Waals surface area contributed by atoms with Gasteiger partial charge < -0.3 is 30.3 Å². The summed E-state index contributed by atoms with van der Waals surface area (Å²) < 4.78 is 60.7. The first kappa shape index (κ1) is 42.2. The number of unbranched alkanes of at least 4 members (excludes halogenated alkanes) is 1. The van der Waals surface area contributed by atoms with Crippen LogP contribution in [-0.4, -0.2) is 91.1 Å². The third kappa shape index (κ3) is 13.7. The normalized spacial score (nSPS) is 15.2. The molecule has 48 heavy (non-hydrogen) atoms. The number of aromatic nitrogens is 1. The Morgan fingerprint density at radius 1 is 1.17 bits per heavy atom. The highest BCUT2D eigenvalue weighted by Gasteiger charge is 2.38. The number of hydrogen-bond donors (Lipinski definition) is 4. The first-order chi connectivity index (χ1) is 22.5. The number of carbonyl (C=O) groups excluding carboxylic acids is 1. The predicted octanol–water partition coefficient (Wildman–Crippen LogP) is 6.96. The number of hydrogen-bond acceptors (Lipinski definition) is 5. The molecule has 1 amide bonds. The second-order valence-corrected chi connectivity index (χ2v) is 11.5. The molecule has 0 spiro atoms. The van der Waals surface area contributed by atoms with Gasteiger partial charge in [0.25, 0.3) is 6.47 Å². The minimum Gasteiger partial charge on any atom is -0.483 e. The van der Waals surface area contributed by atoms with Crippen molar-refractivity contribution in [3.05, 3.63) is 64.8 Å². The number of amides is 1. The van der Waals surface area contributed by atoms with Crippen LogP contribution in [0.15, 0.2) is 48.7 Å². The van der Waals surface area contributed by atoms with Crippen molar-refractivity contribution in [2.45, 2.75) is 57.9 Å². The molecule has 4 rings (SSSR count). The number of halogens is 7. The second-order valence-electron chi connectivity index (χ2n) is 11.1. The van der Waals surface area contributed by atoms with E-state index in [1.54, 1.807) is 0 Å². The molecule has 0 fully saturated rings. The SMILES string of the molecule is CCCCNC(C(=O)N1C[C@@H](CN(C)C)Cc2cc(Cl)ccc21)C(C)c1c[nH]c2ccccc12.FC(F)F.O=C(O)C(F)(F)F.O=CO. The minimum atomic E-state index is -5.08. The van der Waals surface area contributed by atoms with Crippen LogP contribution in [-0.2, 0) is 20.8 Å². The summed E-state index contributed by atoms with van der Waals surface area (Å²) in [5.74, 6) is -2.23. The first-order valence-corrected chi connectivity index (χ1v) is 15.2. The number of carboxylic acid groups (broad SMARTS) is 2. The van der Waals surface area contributed by atoms with E-state index < -0.39 is 18.8 Å². The highest BCUT2D eigenvalue weighted by atomic mass is 35.5. The van der Waals surface area contributed by atoms with E-state index in [4.69, 9.17) is 31.4 Å². The third-order valence-corrected chi connectivity index (χ3v) is 7.42. The number of alkyl halides is 6. The first-order valence-electron chi connectivity index (χ1n) is 14.8. The van der Waals surface area contributed by atoms with Gasteiger partial charge in [0.05, 0.1) is 6.04 Å². The van der Waals surface area contributed by atoms with Crippen LogP contribution in [0.3, 0.4) is 0 Å². The van der Waals surface area contributed by atoms with Gasteiger partial charge in [-0.15, -0.1) is 0 Å². The molecule has 0 bridgehead atoms. The maximum absolute atomic E-state index is 14.3. The van der Waals surface area contributed by atoms with Crippen molar-refractivity contribution in [1.82, 2.24) is 15.2 Å². The Bertz CT molecular complexity index is 1440. The van der Waals surface area contributed by atoms with Crippen molar-refractivity contribution in [2.24, 2.45) is 5.92 Å². The summed E-state index contributed by atoms with van der Waals surface area (Å²) in [5.41, 5.74) is 4.44. The number of para-hydroxylation sites is 1. The van der Waals surface area contributed by atoms with Gasteiger partial charge in [0.15, 0.2) is 0 Å². The smallest absolute Gasteiger partial charge is 0.483 e. The fourth-order valence-electron chi connectivity index (χ4n) is 5.29. The molecule has 1 aliphatic rings. The Labute approximate surface area is 279 Å². The highest BCUT2D eigenvalue weighted by Crippen LogP contribution is 2.35. The van der Waals surface area contributed by atoms with E-state index in [0.717, 1.165) is 60.7 Å². The minimum absolute atomic E-state index is 0.0190. The predicted molar refractivity (Wildman–Crippen MR) is 172 cm³/mol. The molecule has 2 aromatic carbocycles. The van der Waals surface area contributed by atoms with E-state index in [-0.39, 0.29) is 24.3 Å². The maximum atomic E-state index is 14.3.